The number of aliphatic hydroxyl groups excluding tert-OH is 1. The predicted molar refractivity (Wildman–Crippen MR) is 81.9 cm³/mol. The van der Waals surface area contributed by atoms with Crippen LogP contribution in [0, 0.1) is 0 Å². The van der Waals surface area contributed by atoms with E-state index in [1.165, 1.54) is 25.7 Å². The van der Waals surface area contributed by atoms with Crippen molar-refractivity contribution in [3.63, 3.8) is 0 Å². The van der Waals surface area contributed by atoms with Crippen LogP contribution in [0.15, 0.2) is 0 Å². The second-order valence-electron chi connectivity index (χ2n) is 7.08. The maximum Gasteiger partial charge on any atom is 0.0674 e. The smallest absolute Gasteiger partial charge is 0.0674 e. The predicted octanol–water partition coefficient (Wildman–Crippen LogP) is 1.77. The van der Waals surface area contributed by atoms with Crippen molar-refractivity contribution in [2.24, 2.45) is 0 Å². The fraction of sp³-hybridized carbons (Fsp3) is 1.00. The van der Waals surface area contributed by atoms with Crippen LogP contribution in [0.1, 0.15) is 52.9 Å². The molecular weight excluding hydrogens is 252 g/mol. The van der Waals surface area contributed by atoms with Crippen molar-refractivity contribution >= 4 is 0 Å². The van der Waals surface area contributed by atoms with Crippen LogP contribution < -0.4 is 5.32 Å². The van der Waals surface area contributed by atoms with E-state index in [-0.39, 0.29) is 12.1 Å². The third kappa shape index (κ3) is 4.99. The Balaban J connectivity index is 1.64. The topological polar surface area (TPSA) is 44.7 Å². The zero-order chi connectivity index (χ0) is 14.6. The van der Waals surface area contributed by atoms with Gasteiger partial charge in [-0.05, 0) is 53.0 Å². The highest BCUT2D eigenvalue weighted by molar-refractivity contribution is 4.92. The summed E-state index contributed by atoms with van der Waals surface area (Å²) in [6.07, 6.45) is 6.37. The number of hydrogen-bond acceptors (Lipinski definition) is 4. The van der Waals surface area contributed by atoms with Crippen molar-refractivity contribution in [1.29, 1.82) is 0 Å². The van der Waals surface area contributed by atoms with Gasteiger partial charge in [0.25, 0.3) is 0 Å². The Hall–Kier alpha value is -0.160. The van der Waals surface area contributed by atoms with Gasteiger partial charge in [0.2, 0.25) is 0 Å². The summed E-state index contributed by atoms with van der Waals surface area (Å²) < 4.78 is 5.66. The van der Waals surface area contributed by atoms with Crippen molar-refractivity contribution in [1.82, 2.24) is 10.2 Å². The van der Waals surface area contributed by atoms with Crippen LogP contribution in [0.3, 0.4) is 0 Å². The molecule has 4 nitrogen and oxygen atoms in total. The average molecular weight is 284 g/mol. The van der Waals surface area contributed by atoms with Crippen molar-refractivity contribution in [2.75, 3.05) is 26.3 Å². The zero-order valence-electron chi connectivity index (χ0n) is 13.4. The first-order chi connectivity index (χ1) is 9.52. The van der Waals surface area contributed by atoms with E-state index < -0.39 is 0 Å². The van der Waals surface area contributed by atoms with Crippen LogP contribution >= 0.6 is 0 Å². The minimum Gasteiger partial charge on any atom is -0.394 e. The molecular formula is C16H32N2O2. The lowest BCUT2D eigenvalue weighted by Crippen LogP contribution is -2.48. The minimum absolute atomic E-state index is 0.0783. The molecule has 1 saturated carbocycles. The zero-order valence-corrected chi connectivity index (χ0v) is 13.4. The average Bonchev–Trinajstić information content (AvgIpc) is 3.22. The van der Waals surface area contributed by atoms with Gasteiger partial charge in [-0.25, -0.2) is 0 Å². The molecule has 1 heterocycles. The number of morpholine rings is 1. The third-order valence-electron chi connectivity index (χ3n) is 4.64. The summed E-state index contributed by atoms with van der Waals surface area (Å²) in [5.74, 6) is 0. The standard InChI is InChI=1S/C16H32N2O2/c1-13-11-20-14(2)10-18(13)9-5-4-8-16(3,12-19)17-15-6-7-15/h13-15,17,19H,4-12H2,1-3H3. The van der Waals surface area contributed by atoms with E-state index in [1.54, 1.807) is 0 Å². The summed E-state index contributed by atoms with van der Waals surface area (Å²) in [6, 6.07) is 1.20. The molecule has 0 spiro atoms. The number of hydrogen-bond donors (Lipinski definition) is 2. The Morgan fingerprint density at radius 2 is 2.05 bits per heavy atom. The molecule has 118 valence electrons. The fourth-order valence-corrected chi connectivity index (χ4v) is 3.03. The first-order valence-electron chi connectivity index (χ1n) is 8.26. The van der Waals surface area contributed by atoms with E-state index in [1.807, 2.05) is 0 Å². The van der Waals surface area contributed by atoms with Gasteiger partial charge in [0.1, 0.15) is 0 Å². The molecule has 2 N–H and O–H groups in total. The summed E-state index contributed by atoms with van der Waals surface area (Å²) >= 11 is 0. The van der Waals surface area contributed by atoms with Gasteiger partial charge in [0.05, 0.1) is 19.3 Å². The van der Waals surface area contributed by atoms with Gasteiger partial charge in [0, 0.05) is 24.2 Å². The van der Waals surface area contributed by atoms with Crippen LogP contribution in [0.4, 0.5) is 0 Å². The van der Waals surface area contributed by atoms with Gasteiger partial charge < -0.3 is 15.2 Å². The SMILES string of the molecule is CC1CN(CCCCC(C)(CO)NC2CC2)C(C)CO1. The molecule has 4 heteroatoms. The second-order valence-corrected chi connectivity index (χ2v) is 7.08. The minimum atomic E-state index is -0.0783. The van der Waals surface area contributed by atoms with E-state index in [0.29, 0.717) is 18.2 Å². The van der Waals surface area contributed by atoms with E-state index in [2.05, 4.69) is 31.0 Å². The van der Waals surface area contributed by atoms with Crippen LogP contribution in [0.2, 0.25) is 0 Å². The molecule has 3 unspecified atom stereocenters. The van der Waals surface area contributed by atoms with Crippen LogP contribution in [-0.2, 0) is 4.74 Å². The molecule has 0 aromatic rings. The highest BCUT2D eigenvalue weighted by Crippen LogP contribution is 2.25. The molecule has 1 aliphatic carbocycles. The van der Waals surface area contributed by atoms with Crippen LogP contribution in [-0.4, -0.2) is 60.0 Å². The van der Waals surface area contributed by atoms with Crippen molar-refractivity contribution in [2.45, 2.75) is 76.6 Å². The van der Waals surface area contributed by atoms with E-state index in [0.717, 1.165) is 26.1 Å². The normalized spacial score (nSPS) is 31.2. The molecule has 2 rings (SSSR count). The van der Waals surface area contributed by atoms with Gasteiger partial charge in [-0.3, -0.25) is 4.90 Å². The Labute approximate surface area is 123 Å². The third-order valence-corrected chi connectivity index (χ3v) is 4.64. The number of ether oxygens (including phenoxy) is 1. The van der Waals surface area contributed by atoms with Crippen LogP contribution in [0.5, 0.6) is 0 Å². The molecule has 2 aliphatic rings. The van der Waals surface area contributed by atoms with Crippen molar-refractivity contribution < 1.29 is 9.84 Å². The number of unbranched alkanes of at least 4 members (excludes halogenated alkanes) is 1. The lowest BCUT2D eigenvalue weighted by Gasteiger charge is -2.37. The molecule has 20 heavy (non-hydrogen) atoms. The number of nitrogens with one attached hydrogen (secondary N) is 1. The summed E-state index contributed by atoms with van der Waals surface area (Å²) in [5.41, 5.74) is -0.0783. The maximum absolute atomic E-state index is 9.60. The first kappa shape index (κ1) is 16.2. The Morgan fingerprint density at radius 1 is 1.30 bits per heavy atom. The van der Waals surface area contributed by atoms with E-state index in [4.69, 9.17) is 4.74 Å². The molecule has 3 atom stereocenters. The van der Waals surface area contributed by atoms with Crippen molar-refractivity contribution in [3.8, 4) is 0 Å². The molecule has 0 bridgehead atoms. The second kappa shape index (κ2) is 7.21. The van der Waals surface area contributed by atoms with Gasteiger partial charge in [-0.15, -0.1) is 0 Å². The highest BCUT2D eigenvalue weighted by atomic mass is 16.5. The molecule has 1 saturated heterocycles. The lowest BCUT2D eigenvalue weighted by atomic mass is 9.95. The number of aliphatic hydroxyl groups is 1. The van der Waals surface area contributed by atoms with Gasteiger partial charge in [-0.1, -0.05) is 6.42 Å². The number of nitrogens with zero attached hydrogens (tertiary/aromatic N) is 1. The summed E-state index contributed by atoms with van der Waals surface area (Å²) in [5, 5.41) is 13.2. The largest absolute Gasteiger partial charge is 0.394 e. The Morgan fingerprint density at radius 3 is 2.70 bits per heavy atom. The fourth-order valence-electron chi connectivity index (χ4n) is 3.03. The summed E-state index contributed by atoms with van der Waals surface area (Å²) in [4.78, 5) is 2.54. The lowest BCUT2D eigenvalue weighted by molar-refractivity contribution is -0.0498. The van der Waals surface area contributed by atoms with Crippen LogP contribution in [0.25, 0.3) is 0 Å². The monoisotopic (exact) mass is 284 g/mol. The van der Waals surface area contributed by atoms with Gasteiger partial charge in [0.15, 0.2) is 0 Å². The molecule has 0 amide bonds. The Bertz CT molecular complexity index is 296. The van der Waals surface area contributed by atoms with E-state index >= 15 is 0 Å². The summed E-state index contributed by atoms with van der Waals surface area (Å²) in [7, 11) is 0. The molecule has 1 aliphatic heterocycles. The summed E-state index contributed by atoms with van der Waals surface area (Å²) in [6.45, 7) is 9.87. The molecule has 0 radical (unpaired) electrons. The number of rotatable bonds is 8. The maximum atomic E-state index is 9.60. The Kier molecular flexibility index (Phi) is 5.84. The quantitative estimate of drug-likeness (QED) is 0.667. The van der Waals surface area contributed by atoms with E-state index in [9.17, 15) is 5.11 Å². The molecule has 2 fully saturated rings. The first-order valence-corrected chi connectivity index (χ1v) is 8.26. The molecule has 0 aromatic heterocycles. The molecule has 0 aromatic carbocycles. The highest BCUT2D eigenvalue weighted by Gasteiger charge is 2.31. The van der Waals surface area contributed by atoms with Gasteiger partial charge >= 0.3 is 0 Å². The van der Waals surface area contributed by atoms with Crippen molar-refractivity contribution in [3.05, 3.63) is 0 Å². The van der Waals surface area contributed by atoms with Gasteiger partial charge in [-0.2, -0.15) is 0 Å².